The molecule has 6 rings (SSSR count). The molecule has 0 radical (unpaired) electrons. The van der Waals surface area contributed by atoms with Gasteiger partial charge in [-0.25, -0.2) is 14.8 Å². The molecule has 0 fully saturated rings. The topological polar surface area (TPSA) is 129 Å². The molecule has 0 saturated heterocycles. The van der Waals surface area contributed by atoms with Gasteiger partial charge in [0, 0.05) is 42.0 Å². The third-order valence-corrected chi connectivity index (χ3v) is 6.98. The molecule has 0 saturated carbocycles. The van der Waals surface area contributed by atoms with Gasteiger partial charge in [-0.3, -0.25) is 9.97 Å². The van der Waals surface area contributed by atoms with E-state index in [0.29, 0.717) is 12.2 Å². The molecular formula is C28H19AgN4O4S2. The van der Waals surface area contributed by atoms with Gasteiger partial charge in [0.15, 0.2) is 0 Å². The van der Waals surface area contributed by atoms with Crippen LogP contribution in [0.2, 0.25) is 0 Å². The van der Waals surface area contributed by atoms with Gasteiger partial charge in [0.2, 0.25) is 0 Å². The number of thiazole rings is 2. The van der Waals surface area contributed by atoms with E-state index in [-0.39, 0.29) is 22.4 Å². The van der Waals surface area contributed by atoms with Crippen molar-refractivity contribution in [2.24, 2.45) is 0 Å². The Morgan fingerprint density at radius 1 is 0.667 bits per heavy atom. The summed E-state index contributed by atoms with van der Waals surface area (Å²) in [6, 6.07) is 24.3. The summed E-state index contributed by atoms with van der Waals surface area (Å²) in [5, 5.41) is 19.3. The third kappa shape index (κ3) is 8.74. The van der Waals surface area contributed by atoms with Crippen LogP contribution in [0.15, 0.2) is 110 Å². The van der Waals surface area contributed by atoms with E-state index in [1.807, 2.05) is 60.7 Å². The van der Waals surface area contributed by atoms with Gasteiger partial charge in [-0.15, -0.1) is 22.7 Å². The monoisotopic (exact) mass is 646 g/mol. The number of carbonyl (C=O) groups excluding carboxylic acids is 1. The molecular weight excluding hydrogens is 628 g/mol. The van der Waals surface area contributed by atoms with Gasteiger partial charge in [-0.1, -0.05) is 24.3 Å². The van der Waals surface area contributed by atoms with E-state index in [1.165, 1.54) is 9.40 Å². The Kier molecular flexibility index (Phi) is 11.2. The summed E-state index contributed by atoms with van der Waals surface area (Å²) in [5.41, 5.74) is 4.39. The maximum Gasteiger partial charge on any atom is 1.00 e. The number of rotatable bonds is 4. The SMILES string of the molecule is O=C([O-])/C=C\C(=O)O.[Ag+].c1ccc2sc(-c3ccncc3)nc2c1.c1ccc2sc(-c3ccncc3)nc2c1. The Balaban J connectivity index is 0.000000168. The fourth-order valence-corrected chi connectivity index (χ4v) is 5.06. The molecule has 2 aromatic carbocycles. The zero-order valence-electron chi connectivity index (χ0n) is 20.0. The minimum Gasteiger partial charge on any atom is -0.545 e. The number of nitrogens with zero attached hydrogens (tertiary/aromatic N) is 4. The van der Waals surface area contributed by atoms with Gasteiger partial charge < -0.3 is 15.0 Å². The maximum atomic E-state index is 9.53. The van der Waals surface area contributed by atoms with Crippen LogP contribution in [0, 0.1) is 0 Å². The van der Waals surface area contributed by atoms with Crippen LogP contribution >= 0.6 is 22.7 Å². The Hall–Kier alpha value is -4.06. The van der Waals surface area contributed by atoms with Gasteiger partial charge in [0.05, 0.1) is 26.4 Å². The molecule has 1 N–H and O–H groups in total. The third-order valence-electron chi connectivity index (χ3n) is 4.80. The van der Waals surface area contributed by atoms with Crippen LogP contribution in [0.4, 0.5) is 0 Å². The number of carboxylic acid groups (broad SMARTS) is 2. The molecule has 4 aromatic heterocycles. The second kappa shape index (κ2) is 14.8. The summed E-state index contributed by atoms with van der Waals surface area (Å²) >= 11 is 3.42. The molecule has 0 spiro atoms. The van der Waals surface area contributed by atoms with Crippen molar-refractivity contribution in [3.63, 3.8) is 0 Å². The predicted molar refractivity (Wildman–Crippen MR) is 147 cm³/mol. The molecule has 0 unspecified atom stereocenters. The second-order valence-corrected chi connectivity index (χ2v) is 9.50. The molecule has 6 aromatic rings. The number of aromatic nitrogens is 4. The molecule has 0 atom stereocenters. The average Bonchev–Trinajstić information content (AvgIpc) is 3.58. The van der Waals surface area contributed by atoms with E-state index in [0.717, 1.165) is 32.2 Å². The number of carboxylic acids is 2. The molecule has 11 heteroatoms. The van der Waals surface area contributed by atoms with E-state index in [9.17, 15) is 14.7 Å². The van der Waals surface area contributed by atoms with Gasteiger partial charge >= 0.3 is 28.3 Å². The van der Waals surface area contributed by atoms with E-state index in [1.54, 1.807) is 47.5 Å². The van der Waals surface area contributed by atoms with Crippen molar-refractivity contribution in [1.29, 1.82) is 0 Å². The first-order chi connectivity index (χ1) is 18.5. The molecule has 39 heavy (non-hydrogen) atoms. The van der Waals surface area contributed by atoms with Gasteiger partial charge in [-0.2, -0.15) is 0 Å². The minimum absolute atomic E-state index is 0. The number of hydrogen-bond donors (Lipinski definition) is 1. The summed E-state index contributed by atoms with van der Waals surface area (Å²) in [6.45, 7) is 0. The molecule has 198 valence electrons. The van der Waals surface area contributed by atoms with Crippen molar-refractivity contribution < 1.29 is 42.2 Å². The van der Waals surface area contributed by atoms with Crippen molar-refractivity contribution in [2.45, 2.75) is 0 Å². The summed E-state index contributed by atoms with van der Waals surface area (Å²) in [6.07, 6.45) is 8.11. The van der Waals surface area contributed by atoms with E-state index in [2.05, 4.69) is 32.1 Å². The first-order valence-electron chi connectivity index (χ1n) is 11.1. The van der Waals surface area contributed by atoms with Crippen LogP contribution in [-0.2, 0) is 32.0 Å². The molecule has 0 amide bonds. The number of pyridine rings is 2. The van der Waals surface area contributed by atoms with Crippen LogP contribution in [0.3, 0.4) is 0 Å². The Labute approximate surface area is 246 Å². The van der Waals surface area contributed by atoms with E-state index in [4.69, 9.17) is 5.11 Å². The Morgan fingerprint density at radius 2 is 1.08 bits per heavy atom. The smallest absolute Gasteiger partial charge is 0.545 e. The van der Waals surface area contributed by atoms with Crippen molar-refractivity contribution in [2.75, 3.05) is 0 Å². The number of carbonyl (C=O) groups is 2. The molecule has 4 heterocycles. The normalized spacial score (nSPS) is 10.2. The number of benzene rings is 2. The van der Waals surface area contributed by atoms with Gasteiger partial charge in [-0.05, 0) is 54.6 Å². The summed E-state index contributed by atoms with van der Waals surface area (Å²) < 4.78 is 2.45. The first kappa shape index (κ1) is 29.5. The molecule has 0 aliphatic rings. The molecule has 0 bridgehead atoms. The number of para-hydroxylation sites is 2. The van der Waals surface area contributed by atoms with Crippen molar-refractivity contribution in [3.05, 3.63) is 110 Å². The summed E-state index contributed by atoms with van der Waals surface area (Å²) in [5.74, 6) is -2.80. The van der Waals surface area contributed by atoms with Crippen LogP contribution in [-0.4, -0.2) is 37.0 Å². The van der Waals surface area contributed by atoms with E-state index >= 15 is 0 Å². The quantitative estimate of drug-likeness (QED) is 0.207. The van der Waals surface area contributed by atoms with Crippen LogP contribution in [0.25, 0.3) is 41.6 Å². The predicted octanol–water partition coefficient (Wildman–Crippen LogP) is 5.09. The first-order valence-corrected chi connectivity index (χ1v) is 12.8. The molecule has 0 aliphatic carbocycles. The fraction of sp³-hybridized carbons (Fsp3) is 0. The van der Waals surface area contributed by atoms with E-state index < -0.39 is 11.9 Å². The summed E-state index contributed by atoms with van der Waals surface area (Å²) in [4.78, 5) is 36.1. The van der Waals surface area contributed by atoms with Crippen molar-refractivity contribution in [1.82, 2.24) is 19.9 Å². The van der Waals surface area contributed by atoms with Crippen molar-refractivity contribution >= 4 is 55.0 Å². The fourth-order valence-electron chi connectivity index (χ4n) is 3.12. The minimum atomic E-state index is -1.51. The maximum absolute atomic E-state index is 9.53. The molecule has 0 aliphatic heterocycles. The van der Waals surface area contributed by atoms with Crippen LogP contribution in [0.1, 0.15) is 0 Å². The van der Waals surface area contributed by atoms with Gasteiger partial charge in [0.1, 0.15) is 10.0 Å². The number of aliphatic carboxylic acids is 2. The number of fused-ring (bicyclic) bond motifs is 2. The average molecular weight is 647 g/mol. The van der Waals surface area contributed by atoms with Crippen LogP contribution < -0.4 is 5.11 Å². The number of hydrogen-bond acceptors (Lipinski definition) is 9. The second-order valence-electron chi connectivity index (χ2n) is 7.44. The largest absolute Gasteiger partial charge is 1.00 e. The summed E-state index contributed by atoms with van der Waals surface area (Å²) in [7, 11) is 0. The van der Waals surface area contributed by atoms with Gasteiger partial charge in [0.25, 0.3) is 0 Å². The zero-order valence-corrected chi connectivity index (χ0v) is 23.1. The molecule has 8 nitrogen and oxygen atoms in total. The standard InChI is InChI=1S/2C12H8N2S.C4H4O4.Ag/c2*1-2-4-11-10(3-1)14-12(15-11)9-5-7-13-8-6-9;5-3(6)1-2-4(7)8;/h2*1-8H;1-2H,(H,5,6)(H,7,8);/q;;;+1/p-1/b;;2-1-;. The Bertz CT molecular complexity index is 1500. The Morgan fingerprint density at radius 3 is 1.41 bits per heavy atom. The zero-order chi connectivity index (χ0) is 26.7. The van der Waals surface area contributed by atoms with Crippen molar-refractivity contribution in [3.8, 4) is 21.1 Å². The van der Waals surface area contributed by atoms with Crippen LogP contribution in [0.5, 0.6) is 0 Å².